The molecule has 2 aliphatic heterocycles. The first-order valence-corrected chi connectivity index (χ1v) is 10.7. The molecule has 0 radical (unpaired) electrons. The van der Waals surface area contributed by atoms with Gasteiger partial charge in [-0.15, -0.1) is 0 Å². The summed E-state index contributed by atoms with van der Waals surface area (Å²) in [4.78, 5) is 15.1. The highest BCUT2D eigenvalue weighted by atomic mass is 32.2. The minimum Gasteiger partial charge on any atom is -0.342 e. The minimum atomic E-state index is -3.55. The molecule has 25 heavy (non-hydrogen) atoms. The van der Waals surface area contributed by atoms with Crippen LogP contribution >= 0.6 is 0 Å². The van der Waals surface area contributed by atoms with Gasteiger partial charge in [0.1, 0.15) is 0 Å². The van der Waals surface area contributed by atoms with E-state index < -0.39 is 10.0 Å². The number of amides is 1. The molecule has 0 bridgehead atoms. The van der Waals surface area contributed by atoms with Crippen LogP contribution in [0.2, 0.25) is 0 Å². The zero-order valence-corrected chi connectivity index (χ0v) is 16.0. The van der Waals surface area contributed by atoms with Gasteiger partial charge in [0.05, 0.1) is 10.8 Å². The smallest absolute Gasteiger partial charge is 0.243 e. The van der Waals surface area contributed by atoms with Crippen molar-refractivity contribution in [3.63, 3.8) is 0 Å². The van der Waals surface area contributed by atoms with Gasteiger partial charge in [0, 0.05) is 26.2 Å². The van der Waals surface area contributed by atoms with Crippen LogP contribution < -0.4 is 0 Å². The van der Waals surface area contributed by atoms with Gasteiger partial charge in [-0.1, -0.05) is 12.1 Å². The second kappa shape index (κ2) is 7.46. The van der Waals surface area contributed by atoms with Gasteiger partial charge in [-0.05, 0) is 63.1 Å². The maximum absolute atomic E-state index is 13.1. The van der Waals surface area contributed by atoms with Gasteiger partial charge >= 0.3 is 0 Å². The Morgan fingerprint density at radius 3 is 2.48 bits per heavy atom. The summed E-state index contributed by atoms with van der Waals surface area (Å²) < 4.78 is 27.7. The van der Waals surface area contributed by atoms with E-state index in [1.54, 1.807) is 6.07 Å². The Bertz CT molecular complexity index is 739. The number of aryl methyl sites for hydroxylation is 2. The fourth-order valence-corrected chi connectivity index (χ4v) is 5.69. The largest absolute Gasteiger partial charge is 0.342 e. The van der Waals surface area contributed by atoms with Crippen molar-refractivity contribution in [1.29, 1.82) is 0 Å². The lowest BCUT2D eigenvalue weighted by Crippen LogP contribution is -2.47. The Morgan fingerprint density at radius 2 is 1.76 bits per heavy atom. The molecule has 2 saturated heterocycles. The number of likely N-dealkylation sites (tertiary alicyclic amines) is 1. The fraction of sp³-hybridized carbons (Fsp3) is 0.632. The molecule has 5 nitrogen and oxygen atoms in total. The second-order valence-corrected chi connectivity index (χ2v) is 9.26. The summed E-state index contributed by atoms with van der Waals surface area (Å²) in [5.41, 5.74) is 1.69. The normalized spacial score (nSPS) is 22.8. The standard InChI is InChI=1S/C19H28N2O3S/c1-15-8-9-16(2)18(13-15)25(23,24)21-12-6-7-17(14-21)19(22)20-10-4-3-5-11-20/h8-9,13,17H,3-7,10-12,14H2,1-2H3. The number of hydrogen-bond acceptors (Lipinski definition) is 3. The third-order valence-corrected chi connectivity index (χ3v) is 7.37. The van der Waals surface area contributed by atoms with Crippen molar-refractivity contribution in [2.45, 2.75) is 50.8 Å². The number of rotatable bonds is 3. The zero-order valence-electron chi connectivity index (χ0n) is 15.2. The highest BCUT2D eigenvalue weighted by Gasteiger charge is 2.35. The van der Waals surface area contributed by atoms with Gasteiger partial charge < -0.3 is 4.90 Å². The van der Waals surface area contributed by atoms with Crippen LogP contribution in [-0.2, 0) is 14.8 Å². The van der Waals surface area contributed by atoms with Crippen LogP contribution in [0, 0.1) is 19.8 Å². The highest BCUT2D eigenvalue weighted by Crippen LogP contribution is 2.27. The molecule has 138 valence electrons. The summed E-state index contributed by atoms with van der Waals surface area (Å²) in [5.74, 6) is -0.0627. The first-order valence-electron chi connectivity index (χ1n) is 9.26. The Hall–Kier alpha value is -1.40. The quantitative estimate of drug-likeness (QED) is 0.829. The predicted octanol–water partition coefficient (Wildman–Crippen LogP) is 2.72. The molecule has 1 aromatic rings. The highest BCUT2D eigenvalue weighted by molar-refractivity contribution is 7.89. The van der Waals surface area contributed by atoms with Gasteiger partial charge in [0.15, 0.2) is 0 Å². The van der Waals surface area contributed by atoms with E-state index in [1.165, 1.54) is 10.7 Å². The van der Waals surface area contributed by atoms with E-state index in [0.29, 0.717) is 18.0 Å². The third-order valence-electron chi connectivity index (χ3n) is 5.36. The molecule has 2 aliphatic rings. The van der Waals surface area contributed by atoms with Gasteiger partial charge in [0.2, 0.25) is 15.9 Å². The summed E-state index contributed by atoms with van der Waals surface area (Å²) in [5, 5.41) is 0. The van der Waals surface area contributed by atoms with E-state index in [0.717, 1.165) is 49.9 Å². The summed E-state index contributed by atoms with van der Waals surface area (Å²) in [6, 6.07) is 5.51. The molecule has 2 fully saturated rings. The Morgan fingerprint density at radius 1 is 1.04 bits per heavy atom. The monoisotopic (exact) mass is 364 g/mol. The maximum Gasteiger partial charge on any atom is 0.243 e. The lowest BCUT2D eigenvalue weighted by atomic mass is 9.97. The molecule has 3 rings (SSSR count). The van der Waals surface area contributed by atoms with Crippen molar-refractivity contribution < 1.29 is 13.2 Å². The fourth-order valence-electron chi connectivity index (χ4n) is 3.86. The Labute approximate surface area is 151 Å². The van der Waals surface area contributed by atoms with Crippen LogP contribution in [0.4, 0.5) is 0 Å². The second-order valence-electron chi connectivity index (χ2n) is 7.36. The van der Waals surface area contributed by atoms with Crippen LogP contribution in [0.3, 0.4) is 0 Å². The van der Waals surface area contributed by atoms with Gasteiger partial charge in [0.25, 0.3) is 0 Å². The summed E-state index contributed by atoms with van der Waals surface area (Å²) in [6.07, 6.45) is 4.83. The van der Waals surface area contributed by atoms with E-state index in [1.807, 2.05) is 30.9 Å². The molecule has 0 saturated carbocycles. The van der Waals surface area contributed by atoms with Crippen LogP contribution in [0.1, 0.15) is 43.2 Å². The average Bonchev–Trinajstić information content (AvgIpc) is 2.64. The first-order chi connectivity index (χ1) is 11.9. The molecule has 0 aromatic heterocycles. The molecule has 1 unspecified atom stereocenters. The summed E-state index contributed by atoms with van der Waals surface area (Å²) in [6.45, 7) is 6.17. The minimum absolute atomic E-state index is 0.139. The van der Waals surface area contributed by atoms with Crippen LogP contribution in [0.25, 0.3) is 0 Å². The van der Waals surface area contributed by atoms with Crippen molar-refractivity contribution in [1.82, 2.24) is 9.21 Å². The van der Waals surface area contributed by atoms with Crippen molar-refractivity contribution >= 4 is 15.9 Å². The molecular weight excluding hydrogens is 336 g/mol. The van der Waals surface area contributed by atoms with Crippen molar-refractivity contribution in [3.8, 4) is 0 Å². The zero-order chi connectivity index (χ0) is 18.0. The molecular formula is C19H28N2O3S. The number of carbonyl (C=O) groups is 1. The summed E-state index contributed by atoms with van der Waals surface area (Å²) in [7, 11) is -3.55. The number of sulfonamides is 1. The number of hydrogen-bond donors (Lipinski definition) is 0. The van der Waals surface area contributed by atoms with E-state index >= 15 is 0 Å². The van der Waals surface area contributed by atoms with E-state index in [9.17, 15) is 13.2 Å². The van der Waals surface area contributed by atoms with Crippen LogP contribution in [0.15, 0.2) is 23.1 Å². The molecule has 6 heteroatoms. The predicted molar refractivity (Wildman–Crippen MR) is 97.8 cm³/mol. The number of carbonyl (C=O) groups excluding carboxylic acids is 1. The number of nitrogens with zero attached hydrogens (tertiary/aromatic N) is 2. The van der Waals surface area contributed by atoms with E-state index in [2.05, 4.69) is 0 Å². The first kappa shape index (κ1) is 18.4. The maximum atomic E-state index is 13.1. The lowest BCUT2D eigenvalue weighted by Gasteiger charge is -2.35. The topological polar surface area (TPSA) is 57.7 Å². The lowest BCUT2D eigenvalue weighted by molar-refractivity contribution is -0.137. The number of benzene rings is 1. The SMILES string of the molecule is Cc1ccc(C)c(S(=O)(=O)N2CCCC(C(=O)N3CCCCC3)C2)c1. The van der Waals surface area contributed by atoms with E-state index in [4.69, 9.17) is 0 Å². The third kappa shape index (κ3) is 3.90. The van der Waals surface area contributed by atoms with Gasteiger partial charge in [-0.25, -0.2) is 8.42 Å². The summed E-state index contributed by atoms with van der Waals surface area (Å²) >= 11 is 0. The van der Waals surface area contributed by atoms with Gasteiger partial charge in [-0.3, -0.25) is 4.79 Å². The molecule has 1 amide bonds. The van der Waals surface area contributed by atoms with Crippen LogP contribution in [0.5, 0.6) is 0 Å². The van der Waals surface area contributed by atoms with Gasteiger partial charge in [-0.2, -0.15) is 4.31 Å². The van der Waals surface area contributed by atoms with Crippen LogP contribution in [-0.4, -0.2) is 49.7 Å². The average molecular weight is 365 g/mol. The molecule has 0 N–H and O–H groups in total. The van der Waals surface area contributed by atoms with E-state index in [-0.39, 0.29) is 11.8 Å². The van der Waals surface area contributed by atoms with Crippen molar-refractivity contribution in [2.24, 2.45) is 5.92 Å². The Kier molecular flexibility index (Phi) is 5.49. The Balaban J connectivity index is 1.78. The molecule has 2 heterocycles. The number of piperidine rings is 2. The molecule has 0 spiro atoms. The molecule has 0 aliphatic carbocycles. The molecule has 1 aromatic carbocycles. The molecule has 1 atom stereocenters. The van der Waals surface area contributed by atoms with Crippen molar-refractivity contribution in [2.75, 3.05) is 26.2 Å². The van der Waals surface area contributed by atoms with Crippen molar-refractivity contribution in [3.05, 3.63) is 29.3 Å².